The fourth-order valence-electron chi connectivity index (χ4n) is 4.86. The van der Waals surface area contributed by atoms with E-state index < -0.39 is 11.7 Å². The lowest BCUT2D eigenvalue weighted by Crippen LogP contribution is -2.44. The van der Waals surface area contributed by atoms with Crippen molar-refractivity contribution in [1.82, 2.24) is 5.32 Å². The van der Waals surface area contributed by atoms with Crippen molar-refractivity contribution in [1.29, 1.82) is 0 Å². The van der Waals surface area contributed by atoms with Crippen LogP contribution in [0.15, 0.2) is 36.4 Å². The molecule has 0 spiro atoms. The van der Waals surface area contributed by atoms with Gasteiger partial charge in [0.2, 0.25) is 0 Å². The van der Waals surface area contributed by atoms with Crippen molar-refractivity contribution in [2.45, 2.75) is 31.0 Å². The number of hydrogen-bond donors (Lipinski definition) is 1. The van der Waals surface area contributed by atoms with E-state index >= 15 is 0 Å². The Morgan fingerprint density at radius 3 is 2.85 bits per heavy atom. The molecule has 0 aromatic heterocycles. The van der Waals surface area contributed by atoms with E-state index in [0.717, 1.165) is 55.5 Å². The molecular weight excluding hydrogens is 353 g/mol. The van der Waals surface area contributed by atoms with Gasteiger partial charge in [-0.05, 0) is 54.3 Å². The molecule has 0 unspecified atom stereocenters. The first-order chi connectivity index (χ1) is 13.0. The molecule has 0 bridgehead atoms. The van der Waals surface area contributed by atoms with E-state index in [0.29, 0.717) is 24.1 Å². The maximum absolute atomic E-state index is 13.5. The van der Waals surface area contributed by atoms with E-state index in [1.54, 1.807) is 18.2 Å². The van der Waals surface area contributed by atoms with Gasteiger partial charge in [-0.1, -0.05) is 18.2 Å². The second-order valence-electron chi connectivity index (χ2n) is 7.52. The summed E-state index contributed by atoms with van der Waals surface area (Å²) in [7, 11) is 0. The van der Waals surface area contributed by atoms with Crippen molar-refractivity contribution in [3.05, 3.63) is 47.5 Å². The fourth-order valence-corrected chi connectivity index (χ4v) is 4.86. The van der Waals surface area contributed by atoms with Crippen molar-refractivity contribution in [3.63, 3.8) is 0 Å². The highest BCUT2D eigenvalue weighted by Crippen LogP contribution is 2.51. The van der Waals surface area contributed by atoms with Crippen LogP contribution in [0.4, 0.5) is 18.9 Å². The normalized spacial score (nSPS) is 24.0. The molecule has 27 heavy (non-hydrogen) atoms. The van der Waals surface area contributed by atoms with Crippen LogP contribution >= 0.6 is 0 Å². The lowest BCUT2D eigenvalue weighted by atomic mass is 9.88. The SMILES string of the molecule is FC(F)(F)c1ccccc1-c1cc2c3c(c1)[C@@H]1CNCC[C@@H]1N3CCCO2. The predicted octanol–water partition coefficient (Wildman–Crippen LogP) is 4.42. The van der Waals surface area contributed by atoms with Crippen LogP contribution in [0.25, 0.3) is 11.1 Å². The number of fused-ring (bicyclic) bond motifs is 3. The summed E-state index contributed by atoms with van der Waals surface area (Å²) in [5.41, 5.74) is 2.43. The van der Waals surface area contributed by atoms with Gasteiger partial charge in [-0.15, -0.1) is 0 Å². The summed E-state index contributed by atoms with van der Waals surface area (Å²) in [4.78, 5) is 2.43. The van der Waals surface area contributed by atoms with Gasteiger partial charge in [-0.2, -0.15) is 13.2 Å². The Balaban J connectivity index is 1.70. The van der Waals surface area contributed by atoms with Crippen LogP contribution in [0.3, 0.4) is 0 Å². The molecule has 3 aliphatic heterocycles. The maximum atomic E-state index is 13.5. The number of rotatable bonds is 1. The third kappa shape index (κ3) is 2.69. The van der Waals surface area contributed by atoms with E-state index in [4.69, 9.17) is 4.74 Å². The first-order valence-electron chi connectivity index (χ1n) is 9.49. The quantitative estimate of drug-likeness (QED) is 0.800. The molecule has 3 nitrogen and oxygen atoms in total. The van der Waals surface area contributed by atoms with Gasteiger partial charge >= 0.3 is 6.18 Å². The van der Waals surface area contributed by atoms with Gasteiger partial charge in [0.25, 0.3) is 0 Å². The zero-order valence-electron chi connectivity index (χ0n) is 14.9. The summed E-state index contributed by atoms with van der Waals surface area (Å²) in [6, 6.07) is 9.97. The van der Waals surface area contributed by atoms with Crippen LogP contribution in [0.5, 0.6) is 5.75 Å². The van der Waals surface area contributed by atoms with E-state index in [-0.39, 0.29) is 5.56 Å². The standard InChI is InChI=1S/C21H21F3N2O/c22-21(23,24)17-5-2-1-4-14(17)13-10-15-16-12-25-7-6-18(16)26-8-3-9-27-19(11-13)20(15)26/h1-2,4-5,10-11,16,18,25H,3,6-9,12H2/t16-,18-/m0/s1. The molecule has 0 aliphatic carbocycles. The zero-order chi connectivity index (χ0) is 18.6. The number of nitrogens with one attached hydrogen (secondary N) is 1. The lowest BCUT2D eigenvalue weighted by Gasteiger charge is -2.33. The van der Waals surface area contributed by atoms with E-state index in [9.17, 15) is 13.2 Å². The largest absolute Gasteiger partial charge is 0.491 e. The molecule has 2 aromatic rings. The number of ether oxygens (including phenoxy) is 1. The average Bonchev–Trinajstić information content (AvgIpc) is 2.83. The minimum absolute atomic E-state index is 0.218. The van der Waals surface area contributed by atoms with Gasteiger partial charge in [0, 0.05) is 25.0 Å². The van der Waals surface area contributed by atoms with Crippen LogP contribution in [0, 0.1) is 0 Å². The Morgan fingerprint density at radius 1 is 1.15 bits per heavy atom. The van der Waals surface area contributed by atoms with Crippen LogP contribution in [0.2, 0.25) is 0 Å². The molecule has 0 saturated carbocycles. The van der Waals surface area contributed by atoms with Gasteiger partial charge < -0.3 is 15.0 Å². The van der Waals surface area contributed by atoms with Crippen molar-refractivity contribution in [2.75, 3.05) is 31.1 Å². The maximum Gasteiger partial charge on any atom is 0.417 e. The minimum Gasteiger partial charge on any atom is -0.491 e. The van der Waals surface area contributed by atoms with Crippen molar-refractivity contribution < 1.29 is 17.9 Å². The Labute approximate surface area is 156 Å². The molecule has 2 aromatic carbocycles. The van der Waals surface area contributed by atoms with Crippen molar-refractivity contribution in [3.8, 4) is 16.9 Å². The molecule has 5 rings (SSSR count). The van der Waals surface area contributed by atoms with Gasteiger partial charge in [-0.3, -0.25) is 0 Å². The first kappa shape index (κ1) is 16.9. The van der Waals surface area contributed by atoms with Gasteiger partial charge in [0.05, 0.1) is 17.9 Å². The molecule has 3 heterocycles. The molecule has 1 fully saturated rings. The number of anilines is 1. The van der Waals surface area contributed by atoms with Crippen LogP contribution in [-0.4, -0.2) is 32.3 Å². The fraction of sp³-hybridized carbons (Fsp3) is 0.429. The monoisotopic (exact) mass is 374 g/mol. The predicted molar refractivity (Wildman–Crippen MR) is 98.4 cm³/mol. The van der Waals surface area contributed by atoms with E-state index in [1.165, 1.54) is 6.07 Å². The highest BCUT2D eigenvalue weighted by molar-refractivity contribution is 5.80. The van der Waals surface area contributed by atoms with E-state index in [2.05, 4.69) is 10.2 Å². The Kier molecular flexibility index (Phi) is 3.86. The molecular formula is C21H21F3N2O. The molecule has 142 valence electrons. The number of halogens is 3. The smallest absolute Gasteiger partial charge is 0.417 e. The average molecular weight is 374 g/mol. The van der Waals surface area contributed by atoms with Crippen LogP contribution in [-0.2, 0) is 6.18 Å². The third-order valence-corrected chi connectivity index (χ3v) is 5.98. The van der Waals surface area contributed by atoms with Gasteiger partial charge in [-0.25, -0.2) is 0 Å². The molecule has 0 radical (unpaired) electrons. The summed E-state index contributed by atoms with van der Waals surface area (Å²) in [6.45, 7) is 3.38. The minimum atomic E-state index is -4.38. The molecule has 1 N–H and O–H groups in total. The summed E-state index contributed by atoms with van der Waals surface area (Å²) in [5, 5.41) is 3.44. The lowest BCUT2D eigenvalue weighted by molar-refractivity contribution is -0.137. The first-order valence-corrected chi connectivity index (χ1v) is 9.49. The van der Waals surface area contributed by atoms with Gasteiger partial charge in [0.15, 0.2) is 0 Å². The number of piperidine rings is 1. The Morgan fingerprint density at radius 2 is 2.00 bits per heavy atom. The van der Waals surface area contributed by atoms with Crippen molar-refractivity contribution >= 4 is 5.69 Å². The summed E-state index contributed by atoms with van der Waals surface area (Å²) in [6.07, 6.45) is -2.40. The summed E-state index contributed by atoms with van der Waals surface area (Å²) >= 11 is 0. The highest BCUT2D eigenvalue weighted by Gasteiger charge is 2.43. The topological polar surface area (TPSA) is 24.5 Å². The number of alkyl halides is 3. The van der Waals surface area contributed by atoms with Gasteiger partial charge in [0.1, 0.15) is 5.75 Å². The molecule has 3 aliphatic rings. The molecule has 0 amide bonds. The summed E-state index contributed by atoms with van der Waals surface area (Å²) in [5.74, 6) is 1.03. The number of benzene rings is 2. The van der Waals surface area contributed by atoms with Crippen LogP contribution < -0.4 is 15.0 Å². The molecule has 2 atom stereocenters. The van der Waals surface area contributed by atoms with E-state index in [1.807, 2.05) is 6.07 Å². The Hall–Kier alpha value is -2.21. The second kappa shape index (κ2) is 6.16. The number of nitrogens with zero attached hydrogens (tertiary/aromatic N) is 1. The third-order valence-electron chi connectivity index (χ3n) is 5.98. The second-order valence-corrected chi connectivity index (χ2v) is 7.52. The van der Waals surface area contributed by atoms with Crippen LogP contribution in [0.1, 0.15) is 29.9 Å². The molecule has 1 saturated heterocycles. The summed E-state index contributed by atoms with van der Waals surface area (Å²) < 4.78 is 46.6. The van der Waals surface area contributed by atoms with Crippen molar-refractivity contribution in [2.24, 2.45) is 0 Å². The Bertz CT molecular complexity index is 880. The zero-order valence-corrected chi connectivity index (χ0v) is 14.9. The molecule has 6 heteroatoms. The number of hydrogen-bond acceptors (Lipinski definition) is 3. The highest BCUT2D eigenvalue weighted by atomic mass is 19.4.